The topological polar surface area (TPSA) is 58.4 Å². The highest BCUT2D eigenvalue weighted by molar-refractivity contribution is 5.76. The molecule has 2 saturated heterocycles. The van der Waals surface area contributed by atoms with Crippen molar-refractivity contribution in [1.82, 2.24) is 19.4 Å². The standard InChI is InChI=1S/C18H28N4O2/c1-15(23)22-10-3-2-5-16-13-21(11-7-17(16)22)18(24)6-4-9-20-12-8-19-14-20/h8,12,14,16-17H,2-7,9-11,13H2,1H3/t16-,17-/m1/s1. The normalized spacial score (nSPS) is 24.4. The van der Waals surface area contributed by atoms with Crippen LogP contribution in [0.5, 0.6) is 0 Å². The number of amides is 2. The van der Waals surface area contributed by atoms with Crippen molar-refractivity contribution in [1.29, 1.82) is 0 Å². The average molecular weight is 332 g/mol. The minimum Gasteiger partial charge on any atom is -0.342 e. The van der Waals surface area contributed by atoms with Crippen LogP contribution in [-0.2, 0) is 16.1 Å². The van der Waals surface area contributed by atoms with Crippen molar-refractivity contribution in [3.8, 4) is 0 Å². The number of likely N-dealkylation sites (tertiary alicyclic amines) is 2. The van der Waals surface area contributed by atoms with Gasteiger partial charge in [-0.2, -0.15) is 0 Å². The molecule has 0 N–H and O–H groups in total. The zero-order valence-corrected chi connectivity index (χ0v) is 14.6. The Kier molecular flexibility index (Phi) is 5.53. The molecule has 6 nitrogen and oxygen atoms in total. The number of hydrogen-bond acceptors (Lipinski definition) is 3. The highest BCUT2D eigenvalue weighted by atomic mass is 16.2. The van der Waals surface area contributed by atoms with Gasteiger partial charge in [0.05, 0.1) is 6.33 Å². The molecule has 0 aromatic carbocycles. The van der Waals surface area contributed by atoms with Crippen LogP contribution in [0.1, 0.15) is 45.4 Å². The van der Waals surface area contributed by atoms with Gasteiger partial charge in [0.2, 0.25) is 11.8 Å². The minimum atomic E-state index is 0.187. The fourth-order valence-electron chi connectivity index (χ4n) is 4.18. The molecule has 0 spiro atoms. The Bertz CT molecular complexity index is 557. The van der Waals surface area contributed by atoms with Crippen molar-refractivity contribution in [2.75, 3.05) is 19.6 Å². The summed E-state index contributed by atoms with van der Waals surface area (Å²) >= 11 is 0. The molecular formula is C18H28N4O2. The smallest absolute Gasteiger partial charge is 0.222 e. The molecule has 2 aliphatic heterocycles. The van der Waals surface area contributed by atoms with E-state index in [1.54, 1.807) is 19.4 Å². The summed E-state index contributed by atoms with van der Waals surface area (Å²) in [4.78, 5) is 32.5. The average Bonchev–Trinajstić information content (AvgIpc) is 2.99. The fourth-order valence-corrected chi connectivity index (χ4v) is 4.18. The van der Waals surface area contributed by atoms with Crippen LogP contribution in [0.15, 0.2) is 18.7 Å². The lowest BCUT2D eigenvalue weighted by Crippen LogP contribution is -2.53. The van der Waals surface area contributed by atoms with E-state index in [9.17, 15) is 9.59 Å². The number of piperidine rings is 1. The second kappa shape index (κ2) is 7.81. The third-order valence-electron chi connectivity index (χ3n) is 5.44. The van der Waals surface area contributed by atoms with Crippen LogP contribution in [-0.4, -0.2) is 56.8 Å². The fraction of sp³-hybridized carbons (Fsp3) is 0.722. The van der Waals surface area contributed by atoms with Gasteiger partial charge in [-0.1, -0.05) is 6.42 Å². The van der Waals surface area contributed by atoms with Crippen molar-refractivity contribution in [3.63, 3.8) is 0 Å². The summed E-state index contributed by atoms with van der Waals surface area (Å²) in [5, 5.41) is 0. The first-order valence-corrected chi connectivity index (χ1v) is 9.16. The molecular weight excluding hydrogens is 304 g/mol. The molecule has 1 aromatic rings. The molecule has 3 heterocycles. The number of nitrogens with zero attached hydrogens (tertiary/aromatic N) is 4. The van der Waals surface area contributed by atoms with E-state index in [2.05, 4.69) is 9.88 Å². The van der Waals surface area contributed by atoms with Gasteiger partial charge in [0.1, 0.15) is 0 Å². The highest BCUT2D eigenvalue weighted by Gasteiger charge is 2.36. The first kappa shape index (κ1) is 17.0. The van der Waals surface area contributed by atoms with E-state index >= 15 is 0 Å². The number of carbonyl (C=O) groups excluding carboxylic acids is 2. The Morgan fingerprint density at radius 3 is 2.83 bits per heavy atom. The van der Waals surface area contributed by atoms with Gasteiger partial charge in [0.25, 0.3) is 0 Å². The molecule has 24 heavy (non-hydrogen) atoms. The monoisotopic (exact) mass is 332 g/mol. The van der Waals surface area contributed by atoms with Gasteiger partial charge >= 0.3 is 0 Å². The molecule has 132 valence electrons. The number of hydrogen-bond donors (Lipinski definition) is 0. The van der Waals surface area contributed by atoms with Crippen LogP contribution in [0.4, 0.5) is 0 Å². The number of rotatable bonds is 4. The molecule has 0 radical (unpaired) electrons. The molecule has 2 atom stereocenters. The highest BCUT2D eigenvalue weighted by Crippen LogP contribution is 2.30. The molecule has 0 saturated carbocycles. The Morgan fingerprint density at radius 1 is 1.21 bits per heavy atom. The Hall–Kier alpha value is -1.85. The lowest BCUT2D eigenvalue weighted by molar-refractivity contribution is -0.137. The van der Waals surface area contributed by atoms with Gasteiger partial charge in [0, 0.05) is 58.0 Å². The molecule has 1 aromatic heterocycles. The summed E-state index contributed by atoms with van der Waals surface area (Å²) in [6.45, 7) is 5.00. The van der Waals surface area contributed by atoms with E-state index < -0.39 is 0 Å². The largest absolute Gasteiger partial charge is 0.342 e. The van der Waals surface area contributed by atoms with Gasteiger partial charge in [-0.05, 0) is 31.6 Å². The summed E-state index contributed by atoms with van der Waals surface area (Å²) < 4.78 is 2.01. The molecule has 6 heteroatoms. The van der Waals surface area contributed by atoms with E-state index in [0.717, 1.165) is 58.3 Å². The first-order valence-electron chi connectivity index (χ1n) is 9.16. The van der Waals surface area contributed by atoms with E-state index in [-0.39, 0.29) is 11.8 Å². The van der Waals surface area contributed by atoms with Crippen molar-refractivity contribution in [3.05, 3.63) is 18.7 Å². The maximum Gasteiger partial charge on any atom is 0.222 e. The van der Waals surface area contributed by atoms with E-state index in [1.807, 2.05) is 15.7 Å². The number of imidazole rings is 1. The Balaban J connectivity index is 1.51. The zero-order valence-electron chi connectivity index (χ0n) is 14.6. The lowest BCUT2D eigenvalue weighted by Gasteiger charge is -2.42. The van der Waals surface area contributed by atoms with E-state index in [0.29, 0.717) is 18.4 Å². The van der Waals surface area contributed by atoms with Crippen molar-refractivity contribution in [2.45, 2.75) is 58.0 Å². The number of aromatic nitrogens is 2. The van der Waals surface area contributed by atoms with Crippen LogP contribution < -0.4 is 0 Å². The van der Waals surface area contributed by atoms with Crippen LogP contribution >= 0.6 is 0 Å². The van der Waals surface area contributed by atoms with Crippen LogP contribution in [0.25, 0.3) is 0 Å². The maximum absolute atomic E-state index is 12.5. The van der Waals surface area contributed by atoms with Crippen LogP contribution in [0.2, 0.25) is 0 Å². The molecule has 2 fully saturated rings. The zero-order chi connectivity index (χ0) is 16.9. The molecule has 0 bridgehead atoms. The predicted molar refractivity (Wildman–Crippen MR) is 91.2 cm³/mol. The Labute approximate surface area is 143 Å². The summed E-state index contributed by atoms with van der Waals surface area (Å²) in [6.07, 6.45) is 11.2. The van der Waals surface area contributed by atoms with Crippen LogP contribution in [0, 0.1) is 5.92 Å². The third-order valence-corrected chi connectivity index (χ3v) is 5.44. The third kappa shape index (κ3) is 3.97. The summed E-state index contributed by atoms with van der Waals surface area (Å²) in [5.41, 5.74) is 0. The molecule has 2 amide bonds. The molecule has 0 unspecified atom stereocenters. The second-order valence-electron chi connectivity index (χ2n) is 7.07. The van der Waals surface area contributed by atoms with Gasteiger partial charge in [-0.3, -0.25) is 9.59 Å². The quantitative estimate of drug-likeness (QED) is 0.846. The lowest BCUT2D eigenvalue weighted by atomic mass is 9.88. The van der Waals surface area contributed by atoms with E-state index in [1.165, 1.54) is 0 Å². The Morgan fingerprint density at radius 2 is 2.08 bits per heavy atom. The summed E-state index contributed by atoms with van der Waals surface area (Å²) in [6, 6.07) is 0.333. The summed E-state index contributed by atoms with van der Waals surface area (Å²) in [5.74, 6) is 0.891. The number of aryl methyl sites for hydroxylation is 1. The van der Waals surface area contributed by atoms with Gasteiger partial charge in [0.15, 0.2) is 0 Å². The van der Waals surface area contributed by atoms with Crippen molar-refractivity contribution < 1.29 is 9.59 Å². The predicted octanol–water partition coefficient (Wildman–Crippen LogP) is 1.91. The minimum absolute atomic E-state index is 0.187. The first-order chi connectivity index (χ1) is 11.6. The van der Waals surface area contributed by atoms with E-state index in [4.69, 9.17) is 0 Å². The molecule has 2 aliphatic rings. The van der Waals surface area contributed by atoms with Gasteiger partial charge in [-0.25, -0.2) is 4.98 Å². The molecule has 3 rings (SSSR count). The maximum atomic E-state index is 12.5. The van der Waals surface area contributed by atoms with Gasteiger partial charge < -0.3 is 14.4 Å². The number of carbonyl (C=O) groups is 2. The molecule has 0 aliphatic carbocycles. The second-order valence-corrected chi connectivity index (χ2v) is 7.07. The van der Waals surface area contributed by atoms with Crippen molar-refractivity contribution in [2.24, 2.45) is 5.92 Å². The SMILES string of the molecule is CC(=O)N1CCCC[C@@H]2CN(C(=O)CCCn3ccnc3)CC[C@H]21. The number of fused-ring (bicyclic) bond motifs is 1. The van der Waals surface area contributed by atoms with Crippen LogP contribution in [0.3, 0.4) is 0 Å². The summed E-state index contributed by atoms with van der Waals surface area (Å²) in [7, 11) is 0. The van der Waals surface area contributed by atoms with Gasteiger partial charge in [-0.15, -0.1) is 0 Å². The van der Waals surface area contributed by atoms with Crippen molar-refractivity contribution >= 4 is 11.8 Å².